The zero-order valence-corrected chi connectivity index (χ0v) is 10.4. The van der Waals surface area contributed by atoms with Gasteiger partial charge in [-0.3, -0.25) is 4.79 Å². The summed E-state index contributed by atoms with van der Waals surface area (Å²) in [6, 6.07) is 5.01. The lowest BCUT2D eigenvalue weighted by Gasteiger charge is -2.09. The number of aryl methyl sites for hydroxylation is 1. The Balaban J connectivity index is 2.02. The smallest absolute Gasteiger partial charge is 0.337 e. The third-order valence-electron chi connectivity index (χ3n) is 3.16. The second-order valence-electron chi connectivity index (χ2n) is 4.88. The van der Waals surface area contributed by atoms with Crippen molar-refractivity contribution in [3.8, 4) is 0 Å². The van der Waals surface area contributed by atoms with Gasteiger partial charge in [-0.05, 0) is 31.4 Å². The van der Waals surface area contributed by atoms with Crippen molar-refractivity contribution >= 4 is 17.6 Å². The number of rotatable bonds is 5. The Kier molecular flexibility index (Phi) is 3.65. The first-order chi connectivity index (χ1) is 8.56. The Morgan fingerprint density at radius 2 is 2.11 bits per heavy atom. The fourth-order valence-corrected chi connectivity index (χ4v) is 1.90. The summed E-state index contributed by atoms with van der Waals surface area (Å²) in [4.78, 5) is 22.8. The maximum atomic E-state index is 11.7. The van der Waals surface area contributed by atoms with Gasteiger partial charge in [0.1, 0.15) is 0 Å². The van der Waals surface area contributed by atoms with E-state index in [9.17, 15) is 9.59 Å². The summed E-state index contributed by atoms with van der Waals surface area (Å²) in [7, 11) is 0. The first kappa shape index (κ1) is 12.6. The number of carbonyl (C=O) groups excluding carboxylic acids is 1. The van der Waals surface area contributed by atoms with Crippen LogP contribution in [0.25, 0.3) is 0 Å². The second kappa shape index (κ2) is 5.21. The van der Waals surface area contributed by atoms with Gasteiger partial charge in [0.25, 0.3) is 0 Å². The quantitative estimate of drug-likeness (QED) is 0.840. The molecule has 0 bridgehead atoms. The topological polar surface area (TPSA) is 66.4 Å². The third kappa shape index (κ3) is 3.32. The highest BCUT2D eigenvalue weighted by Gasteiger charge is 2.22. The molecule has 1 amide bonds. The van der Waals surface area contributed by atoms with E-state index in [2.05, 4.69) is 5.32 Å². The van der Waals surface area contributed by atoms with Crippen LogP contribution < -0.4 is 5.32 Å². The number of amides is 1. The molecule has 96 valence electrons. The van der Waals surface area contributed by atoms with Gasteiger partial charge in [-0.1, -0.05) is 24.5 Å². The molecule has 0 aliphatic heterocycles. The molecular formula is C14H17NO3. The van der Waals surface area contributed by atoms with Crippen molar-refractivity contribution in [3.05, 3.63) is 29.3 Å². The molecule has 2 rings (SSSR count). The monoisotopic (exact) mass is 247 g/mol. The lowest BCUT2D eigenvalue weighted by atomic mass is 10.1. The number of hydrogen-bond acceptors (Lipinski definition) is 2. The SMILES string of the molecule is Cc1ccc(NC(=O)CCC2CC2)c(C(=O)O)c1. The Labute approximate surface area is 106 Å². The zero-order valence-electron chi connectivity index (χ0n) is 10.4. The molecule has 4 nitrogen and oxygen atoms in total. The molecule has 4 heteroatoms. The third-order valence-corrected chi connectivity index (χ3v) is 3.16. The number of carbonyl (C=O) groups is 2. The highest BCUT2D eigenvalue weighted by Crippen LogP contribution is 2.33. The first-order valence-corrected chi connectivity index (χ1v) is 6.20. The second-order valence-corrected chi connectivity index (χ2v) is 4.88. The van der Waals surface area contributed by atoms with Crippen LogP contribution in [0.4, 0.5) is 5.69 Å². The fourth-order valence-electron chi connectivity index (χ4n) is 1.90. The number of carboxylic acids is 1. The van der Waals surface area contributed by atoms with Crippen LogP contribution in [0.5, 0.6) is 0 Å². The summed E-state index contributed by atoms with van der Waals surface area (Å²) in [5.74, 6) is -0.419. The van der Waals surface area contributed by atoms with Crippen molar-refractivity contribution < 1.29 is 14.7 Å². The number of anilines is 1. The van der Waals surface area contributed by atoms with Crippen molar-refractivity contribution in [1.29, 1.82) is 0 Å². The van der Waals surface area contributed by atoms with Gasteiger partial charge in [-0.25, -0.2) is 4.79 Å². The van der Waals surface area contributed by atoms with E-state index >= 15 is 0 Å². The van der Waals surface area contributed by atoms with Crippen LogP contribution in [-0.4, -0.2) is 17.0 Å². The predicted octanol–water partition coefficient (Wildman–Crippen LogP) is 2.82. The van der Waals surface area contributed by atoms with Crippen LogP contribution in [-0.2, 0) is 4.79 Å². The highest BCUT2D eigenvalue weighted by molar-refractivity contribution is 6.00. The number of carboxylic acid groups (broad SMARTS) is 1. The number of benzene rings is 1. The van der Waals surface area contributed by atoms with Crippen LogP contribution in [0.2, 0.25) is 0 Å². The highest BCUT2D eigenvalue weighted by atomic mass is 16.4. The van der Waals surface area contributed by atoms with Crippen LogP contribution in [0, 0.1) is 12.8 Å². The molecule has 0 spiro atoms. The summed E-state index contributed by atoms with van der Waals surface area (Å²) in [5.41, 5.74) is 1.40. The van der Waals surface area contributed by atoms with E-state index in [1.54, 1.807) is 18.2 Å². The van der Waals surface area contributed by atoms with Crippen LogP contribution >= 0.6 is 0 Å². The molecule has 1 aromatic rings. The molecule has 1 aliphatic rings. The lowest BCUT2D eigenvalue weighted by Crippen LogP contribution is -2.14. The van der Waals surface area contributed by atoms with Crippen LogP contribution in [0.15, 0.2) is 18.2 Å². The fraction of sp³-hybridized carbons (Fsp3) is 0.429. The Hall–Kier alpha value is -1.84. The molecule has 1 saturated carbocycles. The molecule has 0 heterocycles. The first-order valence-electron chi connectivity index (χ1n) is 6.20. The van der Waals surface area contributed by atoms with E-state index in [0.717, 1.165) is 12.0 Å². The Morgan fingerprint density at radius 3 is 2.72 bits per heavy atom. The molecule has 0 aromatic heterocycles. The van der Waals surface area contributed by atoms with Gasteiger partial charge in [-0.2, -0.15) is 0 Å². The van der Waals surface area contributed by atoms with Crippen molar-refractivity contribution in [2.75, 3.05) is 5.32 Å². The van der Waals surface area contributed by atoms with E-state index in [-0.39, 0.29) is 11.5 Å². The number of nitrogens with one attached hydrogen (secondary N) is 1. The number of hydrogen-bond donors (Lipinski definition) is 2. The molecule has 0 unspecified atom stereocenters. The summed E-state index contributed by atoms with van der Waals surface area (Å²) < 4.78 is 0. The summed E-state index contributed by atoms with van der Waals surface area (Å²) in [5, 5.41) is 11.8. The van der Waals surface area contributed by atoms with Crippen LogP contribution in [0.3, 0.4) is 0 Å². The number of aromatic carboxylic acids is 1. The molecule has 0 radical (unpaired) electrons. The molecular weight excluding hydrogens is 230 g/mol. The average molecular weight is 247 g/mol. The van der Waals surface area contributed by atoms with Gasteiger partial charge < -0.3 is 10.4 Å². The maximum absolute atomic E-state index is 11.7. The molecule has 18 heavy (non-hydrogen) atoms. The van der Waals surface area contributed by atoms with Crippen LogP contribution in [0.1, 0.15) is 41.6 Å². The average Bonchev–Trinajstić information content (AvgIpc) is 3.12. The van der Waals surface area contributed by atoms with Gasteiger partial charge in [0.2, 0.25) is 5.91 Å². The normalized spacial score (nSPS) is 14.3. The van der Waals surface area contributed by atoms with Gasteiger partial charge in [0.15, 0.2) is 0 Å². The minimum absolute atomic E-state index is 0.103. The standard InChI is InChI=1S/C14H17NO3/c1-9-2-6-12(11(8-9)14(17)18)15-13(16)7-5-10-3-4-10/h2,6,8,10H,3-5,7H2,1H3,(H,15,16)(H,17,18). The summed E-state index contributed by atoms with van der Waals surface area (Å²) in [6.07, 6.45) is 3.81. The van der Waals surface area contributed by atoms with Gasteiger partial charge >= 0.3 is 5.97 Å². The predicted molar refractivity (Wildman–Crippen MR) is 68.7 cm³/mol. The van der Waals surface area contributed by atoms with Crippen molar-refractivity contribution in [3.63, 3.8) is 0 Å². The van der Waals surface area contributed by atoms with Gasteiger partial charge in [0.05, 0.1) is 11.3 Å². The lowest BCUT2D eigenvalue weighted by molar-refractivity contribution is -0.116. The van der Waals surface area contributed by atoms with Crippen molar-refractivity contribution in [2.24, 2.45) is 5.92 Å². The molecule has 1 fully saturated rings. The molecule has 0 atom stereocenters. The maximum Gasteiger partial charge on any atom is 0.337 e. The van der Waals surface area contributed by atoms with E-state index in [1.807, 2.05) is 6.92 Å². The summed E-state index contributed by atoms with van der Waals surface area (Å²) in [6.45, 7) is 1.82. The van der Waals surface area contributed by atoms with Gasteiger partial charge in [0, 0.05) is 6.42 Å². The van der Waals surface area contributed by atoms with E-state index in [4.69, 9.17) is 5.11 Å². The molecule has 1 aromatic carbocycles. The molecule has 2 N–H and O–H groups in total. The Bertz CT molecular complexity index is 478. The van der Waals surface area contributed by atoms with Crippen molar-refractivity contribution in [2.45, 2.75) is 32.6 Å². The zero-order chi connectivity index (χ0) is 13.1. The van der Waals surface area contributed by atoms with E-state index in [0.29, 0.717) is 18.0 Å². The minimum Gasteiger partial charge on any atom is -0.478 e. The van der Waals surface area contributed by atoms with E-state index in [1.165, 1.54) is 12.8 Å². The minimum atomic E-state index is -1.02. The molecule has 1 aliphatic carbocycles. The van der Waals surface area contributed by atoms with Gasteiger partial charge in [-0.15, -0.1) is 0 Å². The summed E-state index contributed by atoms with van der Waals surface area (Å²) >= 11 is 0. The van der Waals surface area contributed by atoms with Crippen molar-refractivity contribution in [1.82, 2.24) is 0 Å². The van der Waals surface area contributed by atoms with E-state index < -0.39 is 5.97 Å². The largest absolute Gasteiger partial charge is 0.478 e. The Morgan fingerprint density at radius 1 is 1.39 bits per heavy atom. The molecule has 0 saturated heterocycles.